The second kappa shape index (κ2) is 12.2. The van der Waals surface area contributed by atoms with Gasteiger partial charge in [0.2, 0.25) is 21.8 Å². The van der Waals surface area contributed by atoms with E-state index in [9.17, 15) is 18.0 Å². The molecule has 3 rings (SSSR count). The van der Waals surface area contributed by atoms with Crippen molar-refractivity contribution in [1.82, 2.24) is 10.2 Å². The van der Waals surface area contributed by atoms with E-state index in [1.807, 2.05) is 6.07 Å². The Balaban J connectivity index is 1.87. The van der Waals surface area contributed by atoms with Crippen LogP contribution in [-0.2, 0) is 26.2 Å². The van der Waals surface area contributed by atoms with Crippen molar-refractivity contribution in [3.63, 3.8) is 0 Å². The largest absolute Gasteiger partial charge is 0.352 e. The topological polar surface area (TPSA) is 86.8 Å². The SMILES string of the molecule is C[C@H](C(=O)NC1CCCCC1)N(Cc1cccc(Cl)c1)C(=O)CN(c1cccc(Br)c1)S(C)(=O)=O. The molecular formula is C25H31BrClN3O4S. The summed E-state index contributed by atoms with van der Waals surface area (Å²) in [5.41, 5.74) is 1.11. The lowest BCUT2D eigenvalue weighted by Crippen LogP contribution is -2.52. The van der Waals surface area contributed by atoms with Crippen LogP contribution in [0.2, 0.25) is 5.02 Å². The molecule has 2 amide bonds. The number of hydrogen-bond acceptors (Lipinski definition) is 4. The molecule has 35 heavy (non-hydrogen) atoms. The van der Waals surface area contributed by atoms with Gasteiger partial charge in [-0.3, -0.25) is 13.9 Å². The molecule has 0 heterocycles. The first-order valence-electron chi connectivity index (χ1n) is 11.6. The van der Waals surface area contributed by atoms with E-state index in [4.69, 9.17) is 11.6 Å². The molecule has 10 heteroatoms. The number of sulfonamides is 1. The number of amides is 2. The molecule has 0 bridgehead atoms. The van der Waals surface area contributed by atoms with E-state index in [1.54, 1.807) is 49.4 Å². The van der Waals surface area contributed by atoms with Crippen LogP contribution in [0.3, 0.4) is 0 Å². The Bertz CT molecular complexity index is 1150. The van der Waals surface area contributed by atoms with Crippen LogP contribution >= 0.6 is 27.5 Å². The Kier molecular flexibility index (Phi) is 9.61. The van der Waals surface area contributed by atoms with Gasteiger partial charge in [-0.2, -0.15) is 0 Å². The first kappa shape index (κ1) is 27.5. The molecule has 190 valence electrons. The second-order valence-electron chi connectivity index (χ2n) is 8.92. The second-order valence-corrected chi connectivity index (χ2v) is 12.2. The Morgan fingerprint density at radius 1 is 1.11 bits per heavy atom. The van der Waals surface area contributed by atoms with Gasteiger partial charge in [-0.05, 0) is 55.7 Å². The van der Waals surface area contributed by atoms with Gasteiger partial charge in [0.05, 0.1) is 11.9 Å². The molecule has 2 aromatic rings. The van der Waals surface area contributed by atoms with Gasteiger partial charge in [-0.25, -0.2) is 8.42 Å². The molecule has 0 aromatic heterocycles. The van der Waals surface area contributed by atoms with Crippen molar-refractivity contribution in [2.75, 3.05) is 17.1 Å². The Hall–Kier alpha value is -2.10. The zero-order valence-electron chi connectivity index (χ0n) is 19.9. The lowest BCUT2D eigenvalue weighted by Gasteiger charge is -2.33. The van der Waals surface area contributed by atoms with E-state index >= 15 is 0 Å². The van der Waals surface area contributed by atoms with Crippen LogP contribution in [0, 0.1) is 0 Å². The summed E-state index contributed by atoms with van der Waals surface area (Å²) in [6, 6.07) is 13.1. The van der Waals surface area contributed by atoms with E-state index in [-0.39, 0.29) is 18.5 Å². The highest BCUT2D eigenvalue weighted by Crippen LogP contribution is 2.23. The molecule has 1 aliphatic carbocycles. The molecule has 1 atom stereocenters. The molecule has 2 aromatic carbocycles. The van der Waals surface area contributed by atoms with Crippen LogP contribution in [0.15, 0.2) is 53.0 Å². The number of rotatable bonds is 9. The standard InChI is InChI=1S/C25H31BrClN3O4S/c1-18(25(32)28-22-11-4-3-5-12-22)29(16-19-8-6-10-21(27)14-19)24(31)17-30(35(2,33)34)23-13-7-9-20(26)15-23/h6-10,13-15,18,22H,3-5,11-12,16-17H2,1-2H3,(H,28,32)/t18-/m1/s1. The lowest BCUT2D eigenvalue weighted by atomic mass is 9.95. The van der Waals surface area contributed by atoms with Gasteiger partial charge in [-0.15, -0.1) is 0 Å². The summed E-state index contributed by atoms with van der Waals surface area (Å²) in [6.07, 6.45) is 6.21. The third-order valence-corrected chi connectivity index (χ3v) is 8.01. The molecule has 0 saturated heterocycles. The predicted molar refractivity (Wildman–Crippen MR) is 143 cm³/mol. The van der Waals surface area contributed by atoms with Crippen molar-refractivity contribution in [1.29, 1.82) is 0 Å². The zero-order valence-corrected chi connectivity index (χ0v) is 23.1. The van der Waals surface area contributed by atoms with Crippen LogP contribution < -0.4 is 9.62 Å². The monoisotopic (exact) mass is 583 g/mol. The first-order valence-corrected chi connectivity index (χ1v) is 14.6. The lowest BCUT2D eigenvalue weighted by molar-refractivity contribution is -0.139. The van der Waals surface area contributed by atoms with Crippen LogP contribution in [0.5, 0.6) is 0 Å². The van der Waals surface area contributed by atoms with E-state index in [2.05, 4.69) is 21.2 Å². The average Bonchev–Trinajstić information content (AvgIpc) is 2.80. The fourth-order valence-electron chi connectivity index (χ4n) is 4.23. The summed E-state index contributed by atoms with van der Waals surface area (Å²) in [7, 11) is -3.77. The van der Waals surface area contributed by atoms with Gasteiger partial charge < -0.3 is 10.2 Å². The maximum Gasteiger partial charge on any atom is 0.244 e. The third kappa shape index (κ3) is 7.95. The molecule has 0 radical (unpaired) electrons. The summed E-state index contributed by atoms with van der Waals surface area (Å²) in [6.45, 7) is 1.36. The molecule has 0 unspecified atom stereocenters. The quantitative estimate of drug-likeness (QED) is 0.462. The maximum atomic E-state index is 13.6. The highest BCUT2D eigenvalue weighted by atomic mass is 79.9. The van der Waals surface area contributed by atoms with Gasteiger partial charge in [0.25, 0.3) is 0 Å². The fraction of sp³-hybridized carbons (Fsp3) is 0.440. The van der Waals surface area contributed by atoms with Crippen molar-refractivity contribution in [3.8, 4) is 0 Å². The molecule has 1 saturated carbocycles. The number of carbonyl (C=O) groups is 2. The molecular weight excluding hydrogens is 554 g/mol. The van der Waals surface area contributed by atoms with Gasteiger partial charge in [0, 0.05) is 22.1 Å². The van der Waals surface area contributed by atoms with E-state index in [0.717, 1.165) is 48.2 Å². The number of hydrogen-bond donors (Lipinski definition) is 1. The number of halogens is 2. The van der Waals surface area contributed by atoms with Crippen molar-refractivity contribution in [2.24, 2.45) is 0 Å². The third-order valence-electron chi connectivity index (χ3n) is 6.14. The summed E-state index contributed by atoms with van der Waals surface area (Å²) in [5.74, 6) is -0.734. The van der Waals surface area contributed by atoms with Crippen LogP contribution in [-0.4, -0.2) is 50.0 Å². The van der Waals surface area contributed by atoms with E-state index in [1.165, 1.54) is 4.90 Å². The Morgan fingerprint density at radius 3 is 2.43 bits per heavy atom. The molecule has 1 fully saturated rings. The number of benzene rings is 2. The van der Waals surface area contributed by atoms with E-state index in [0.29, 0.717) is 15.2 Å². The van der Waals surface area contributed by atoms with Crippen LogP contribution in [0.4, 0.5) is 5.69 Å². The number of anilines is 1. The van der Waals surface area contributed by atoms with Crippen LogP contribution in [0.25, 0.3) is 0 Å². The Morgan fingerprint density at radius 2 is 1.80 bits per heavy atom. The first-order chi connectivity index (χ1) is 16.5. The van der Waals surface area contributed by atoms with Crippen molar-refractivity contribution in [2.45, 2.75) is 57.7 Å². The van der Waals surface area contributed by atoms with Crippen molar-refractivity contribution in [3.05, 3.63) is 63.6 Å². The average molecular weight is 585 g/mol. The molecule has 1 N–H and O–H groups in total. The normalized spacial score (nSPS) is 15.3. The van der Waals surface area contributed by atoms with Gasteiger partial charge in [0.15, 0.2) is 0 Å². The smallest absolute Gasteiger partial charge is 0.244 e. The van der Waals surface area contributed by atoms with Gasteiger partial charge in [-0.1, -0.05) is 65.0 Å². The molecule has 0 spiro atoms. The van der Waals surface area contributed by atoms with Crippen molar-refractivity contribution >= 4 is 55.1 Å². The predicted octanol–water partition coefficient (Wildman–Crippen LogP) is 4.73. The summed E-state index contributed by atoms with van der Waals surface area (Å²) in [4.78, 5) is 28.1. The minimum absolute atomic E-state index is 0.0935. The summed E-state index contributed by atoms with van der Waals surface area (Å²) < 4.78 is 27.0. The van der Waals surface area contributed by atoms with Gasteiger partial charge >= 0.3 is 0 Å². The Labute approximate surface area is 221 Å². The van der Waals surface area contributed by atoms with Crippen LogP contribution in [0.1, 0.15) is 44.6 Å². The minimum atomic E-state index is -3.77. The fourth-order valence-corrected chi connectivity index (χ4v) is 5.67. The summed E-state index contributed by atoms with van der Waals surface area (Å²) >= 11 is 9.49. The van der Waals surface area contributed by atoms with Gasteiger partial charge in [0.1, 0.15) is 12.6 Å². The highest BCUT2D eigenvalue weighted by Gasteiger charge is 2.31. The maximum absolute atomic E-state index is 13.6. The zero-order chi connectivity index (χ0) is 25.6. The number of carbonyl (C=O) groups excluding carboxylic acids is 2. The molecule has 1 aliphatic rings. The minimum Gasteiger partial charge on any atom is -0.352 e. The highest BCUT2D eigenvalue weighted by molar-refractivity contribution is 9.10. The molecule has 0 aliphatic heterocycles. The number of nitrogens with zero attached hydrogens (tertiary/aromatic N) is 2. The molecule has 7 nitrogen and oxygen atoms in total. The van der Waals surface area contributed by atoms with E-state index < -0.39 is 28.5 Å². The van der Waals surface area contributed by atoms with Crippen molar-refractivity contribution < 1.29 is 18.0 Å². The summed E-state index contributed by atoms with van der Waals surface area (Å²) in [5, 5.41) is 3.59. The number of nitrogens with one attached hydrogen (secondary N) is 1.